The van der Waals surface area contributed by atoms with Crippen molar-refractivity contribution in [2.45, 2.75) is 39.2 Å². The van der Waals surface area contributed by atoms with Crippen molar-refractivity contribution in [1.29, 1.82) is 0 Å². The molecule has 1 aliphatic rings. The van der Waals surface area contributed by atoms with Gasteiger partial charge < -0.3 is 15.2 Å². The topological polar surface area (TPSA) is 113 Å². The molecule has 0 bridgehead atoms. The van der Waals surface area contributed by atoms with Crippen molar-refractivity contribution in [3.8, 4) is 0 Å². The molecule has 2 N–H and O–H groups in total. The molecule has 1 heterocycles. The molecule has 3 amide bonds. The minimum absolute atomic E-state index is 0.0517. The van der Waals surface area contributed by atoms with Crippen molar-refractivity contribution in [3.05, 3.63) is 53.6 Å². The third-order valence-corrected chi connectivity index (χ3v) is 5.21. The van der Waals surface area contributed by atoms with Crippen molar-refractivity contribution >= 4 is 29.3 Å². The zero-order valence-corrected chi connectivity index (χ0v) is 18.0. The molecule has 1 aromatic carbocycles. The summed E-state index contributed by atoms with van der Waals surface area (Å²) in [6.45, 7) is 6.67. The summed E-state index contributed by atoms with van der Waals surface area (Å²) >= 11 is 0. The van der Waals surface area contributed by atoms with Gasteiger partial charge in [-0.15, -0.1) is 0 Å². The summed E-state index contributed by atoms with van der Waals surface area (Å²) in [4.78, 5) is 47.7. The maximum atomic E-state index is 12.3. The molecule has 1 aliphatic heterocycles. The van der Waals surface area contributed by atoms with E-state index in [0.717, 1.165) is 23.0 Å². The van der Waals surface area contributed by atoms with E-state index >= 15 is 0 Å². The second-order valence-corrected chi connectivity index (χ2v) is 7.29. The molecule has 0 fully saturated rings. The highest BCUT2D eigenvalue weighted by Crippen LogP contribution is 2.30. The largest absolute Gasteiger partial charge is 0.478 e. The minimum Gasteiger partial charge on any atom is -0.478 e. The molecule has 0 aliphatic carbocycles. The first kappa shape index (κ1) is 24.0. The highest BCUT2D eigenvalue weighted by molar-refractivity contribution is 6.12. The Balaban J connectivity index is 2.05. The van der Waals surface area contributed by atoms with E-state index < -0.39 is 29.3 Å². The highest BCUT2D eigenvalue weighted by atomic mass is 16.5. The summed E-state index contributed by atoms with van der Waals surface area (Å²) in [7, 11) is 0. The molecule has 0 spiro atoms. The fraction of sp³-hybridized carbons (Fsp3) is 0.391. The fourth-order valence-corrected chi connectivity index (χ4v) is 3.32. The number of hydrogen-bond acceptors (Lipinski definition) is 5. The van der Waals surface area contributed by atoms with E-state index in [1.54, 1.807) is 12.1 Å². The van der Waals surface area contributed by atoms with Gasteiger partial charge >= 0.3 is 5.97 Å². The van der Waals surface area contributed by atoms with Crippen LogP contribution in [-0.2, 0) is 29.5 Å². The number of carbonyl (C=O) groups is 4. The van der Waals surface area contributed by atoms with E-state index in [-0.39, 0.29) is 19.5 Å². The number of carboxylic acids is 1. The smallest absolute Gasteiger partial charge is 0.328 e. The average Bonchev–Trinajstić information content (AvgIpc) is 3.05. The summed E-state index contributed by atoms with van der Waals surface area (Å²) < 4.78 is 5.87. The van der Waals surface area contributed by atoms with Gasteiger partial charge in [-0.1, -0.05) is 31.2 Å². The van der Waals surface area contributed by atoms with Crippen LogP contribution in [0.1, 0.15) is 44.7 Å². The molecule has 166 valence electrons. The second kappa shape index (κ2) is 10.7. The Hall–Kier alpha value is -3.26. The maximum Gasteiger partial charge on any atom is 0.328 e. The molecule has 1 unspecified atom stereocenters. The number of hydrogen-bond donors (Lipinski definition) is 2. The summed E-state index contributed by atoms with van der Waals surface area (Å²) in [6, 6.07) is 7.30. The standard InChI is InChI=1S/C23H28N2O6/c1-4-23(3,31-5-2)18-8-6-16(7-9-18)17(15-22(29)30)14-19(26)24-12-13-25-20(27)10-11-21(25)28/h6-11,15H,4-5,12-14H2,1-3H3,(H,24,26)(H,29,30)/b17-15+. The third-order valence-electron chi connectivity index (χ3n) is 5.21. The van der Waals surface area contributed by atoms with Crippen molar-refractivity contribution < 1.29 is 29.0 Å². The van der Waals surface area contributed by atoms with E-state index in [9.17, 15) is 24.3 Å². The predicted octanol–water partition coefficient (Wildman–Crippen LogP) is 2.25. The van der Waals surface area contributed by atoms with Crippen molar-refractivity contribution in [2.75, 3.05) is 19.7 Å². The van der Waals surface area contributed by atoms with Gasteiger partial charge in [-0.05, 0) is 37.0 Å². The quantitative estimate of drug-likeness (QED) is 0.413. The molecule has 0 radical (unpaired) electrons. The molecule has 0 saturated heterocycles. The molecule has 1 aromatic rings. The van der Waals surface area contributed by atoms with Gasteiger partial charge in [0, 0.05) is 37.9 Å². The number of nitrogens with zero attached hydrogens (tertiary/aromatic N) is 1. The lowest BCUT2D eigenvalue weighted by Gasteiger charge is -2.29. The normalized spacial score (nSPS) is 15.8. The van der Waals surface area contributed by atoms with Crippen molar-refractivity contribution in [2.24, 2.45) is 0 Å². The molecule has 1 atom stereocenters. The molecule has 2 rings (SSSR count). The monoisotopic (exact) mass is 428 g/mol. The van der Waals surface area contributed by atoms with Gasteiger partial charge in [-0.25, -0.2) is 4.79 Å². The van der Waals surface area contributed by atoms with Gasteiger partial charge in [0.25, 0.3) is 11.8 Å². The van der Waals surface area contributed by atoms with Gasteiger partial charge in [0.05, 0.1) is 12.0 Å². The Morgan fingerprint density at radius 1 is 1.13 bits per heavy atom. The molecular formula is C23H28N2O6. The molecule has 0 saturated carbocycles. The van der Waals surface area contributed by atoms with Gasteiger partial charge in [0.1, 0.15) is 0 Å². The van der Waals surface area contributed by atoms with E-state index in [1.165, 1.54) is 12.2 Å². The highest BCUT2D eigenvalue weighted by Gasteiger charge is 2.25. The number of carbonyl (C=O) groups excluding carboxylic acids is 3. The number of ether oxygens (including phenoxy) is 1. The summed E-state index contributed by atoms with van der Waals surface area (Å²) in [5.41, 5.74) is 1.49. The molecule has 8 nitrogen and oxygen atoms in total. The Labute approximate surface area is 181 Å². The van der Waals surface area contributed by atoms with Crippen molar-refractivity contribution in [1.82, 2.24) is 10.2 Å². The number of rotatable bonds is 11. The Morgan fingerprint density at radius 2 is 1.74 bits per heavy atom. The molecule has 31 heavy (non-hydrogen) atoms. The lowest BCUT2D eigenvalue weighted by atomic mass is 9.90. The summed E-state index contributed by atoms with van der Waals surface area (Å²) in [5, 5.41) is 11.8. The fourth-order valence-electron chi connectivity index (χ4n) is 3.32. The lowest BCUT2D eigenvalue weighted by molar-refractivity contribution is -0.137. The van der Waals surface area contributed by atoms with Crippen molar-refractivity contribution in [3.63, 3.8) is 0 Å². The molecule has 0 aromatic heterocycles. The first-order valence-corrected chi connectivity index (χ1v) is 10.2. The number of imide groups is 1. The number of nitrogens with one attached hydrogen (secondary N) is 1. The van der Waals surface area contributed by atoms with Crippen LogP contribution in [0.5, 0.6) is 0 Å². The first-order chi connectivity index (χ1) is 14.7. The van der Waals surface area contributed by atoms with Crippen LogP contribution in [-0.4, -0.2) is 53.4 Å². The Morgan fingerprint density at radius 3 is 2.26 bits per heavy atom. The van der Waals surface area contributed by atoms with E-state index in [4.69, 9.17) is 4.74 Å². The Kier molecular flexibility index (Phi) is 8.27. The van der Waals surface area contributed by atoms with E-state index in [2.05, 4.69) is 5.32 Å². The predicted molar refractivity (Wildman–Crippen MR) is 115 cm³/mol. The number of aliphatic carboxylic acids is 1. The third kappa shape index (κ3) is 6.36. The first-order valence-electron chi connectivity index (χ1n) is 10.2. The zero-order chi connectivity index (χ0) is 23.0. The Bertz CT molecular complexity index is 885. The van der Waals surface area contributed by atoms with Gasteiger partial charge in [0.15, 0.2) is 0 Å². The summed E-state index contributed by atoms with van der Waals surface area (Å²) in [5.74, 6) is -2.40. The lowest BCUT2D eigenvalue weighted by Crippen LogP contribution is -2.38. The van der Waals surface area contributed by atoms with E-state index in [0.29, 0.717) is 17.7 Å². The minimum atomic E-state index is -1.15. The van der Waals surface area contributed by atoms with Gasteiger partial charge in [-0.2, -0.15) is 0 Å². The van der Waals surface area contributed by atoms with Crippen LogP contribution in [0, 0.1) is 0 Å². The molecular weight excluding hydrogens is 400 g/mol. The zero-order valence-electron chi connectivity index (χ0n) is 18.0. The van der Waals surface area contributed by atoms with Crippen LogP contribution in [0.15, 0.2) is 42.5 Å². The van der Waals surface area contributed by atoms with Crippen LogP contribution in [0.2, 0.25) is 0 Å². The van der Waals surface area contributed by atoms with Crippen LogP contribution in [0.4, 0.5) is 0 Å². The van der Waals surface area contributed by atoms with Crippen LogP contribution in [0.3, 0.4) is 0 Å². The number of benzene rings is 1. The SMILES string of the molecule is CCOC(C)(CC)c1ccc(/C(=C/C(=O)O)CC(=O)NCCN2C(=O)C=CC2=O)cc1. The van der Waals surface area contributed by atoms with E-state index in [1.807, 2.05) is 32.9 Å². The molecule has 8 heteroatoms. The number of amides is 3. The second-order valence-electron chi connectivity index (χ2n) is 7.29. The number of carboxylic acid groups (broad SMARTS) is 1. The summed E-state index contributed by atoms with van der Waals surface area (Å²) in [6.07, 6.45) is 3.99. The van der Waals surface area contributed by atoms with Crippen LogP contribution >= 0.6 is 0 Å². The van der Waals surface area contributed by atoms with Crippen LogP contribution < -0.4 is 5.32 Å². The van der Waals surface area contributed by atoms with Crippen LogP contribution in [0.25, 0.3) is 5.57 Å². The van der Waals surface area contributed by atoms with Gasteiger partial charge in [0.2, 0.25) is 5.91 Å². The average molecular weight is 428 g/mol. The maximum absolute atomic E-state index is 12.3. The van der Waals surface area contributed by atoms with Gasteiger partial charge in [-0.3, -0.25) is 19.3 Å².